The highest BCUT2D eigenvalue weighted by molar-refractivity contribution is 5.82. The summed E-state index contributed by atoms with van der Waals surface area (Å²) in [4.78, 5) is 12.3. The van der Waals surface area contributed by atoms with Crippen molar-refractivity contribution in [1.29, 1.82) is 0 Å². The molecule has 2 atom stereocenters. The molecule has 2 rings (SSSR count). The maximum absolute atomic E-state index is 12.3. The van der Waals surface area contributed by atoms with Crippen molar-refractivity contribution >= 4 is 5.97 Å². The van der Waals surface area contributed by atoms with E-state index in [0.717, 1.165) is 5.57 Å². The number of carbonyl (C=O) groups is 1. The second-order valence-electron chi connectivity index (χ2n) is 9.38. The van der Waals surface area contributed by atoms with Crippen molar-refractivity contribution in [2.45, 2.75) is 60.4 Å². The van der Waals surface area contributed by atoms with E-state index in [1.165, 1.54) is 6.08 Å². The highest BCUT2D eigenvalue weighted by Gasteiger charge is 2.54. The van der Waals surface area contributed by atoms with E-state index in [-0.39, 0.29) is 33.0 Å². The number of carbonyl (C=O) groups excluding carboxylic acids is 1. The Morgan fingerprint density at radius 2 is 1.46 bits per heavy atom. The summed E-state index contributed by atoms with van der Waals surface area (Å²) in [7, 11) is 0. The minimum atomic E-state index is -0.960. The van der Waals surface area contributed by atoms with Crippen LogP contribution in [0.3, 0.4) is 0 Å². The van der Waals surface area contributed by atoms with E-state index in [4.69, 9.17) is 23.7 Å². The molecule has 8 heteroatoms. The van der Waals surface area contributed by atoms with Crippen LogP contribution < -0.4 is 0 Å². The van der Waals surface area contributed by atoms with Crippen molar-refractivity contribution < 1.29 is 38.7 Å². The monoisotopic (exact) mass is 402 g/mol. The average molecular weight is 402 g/mol. The van der Waals surface area contributed by atoms with Crippen LogP contribution in [0.1, 0.15) is 41.5 Å². The molecule has 2 aliphatic rings. The molecule has 8 nitrogen and oxygen atoms in total. The summed E-state index contributed by atoms with van der Waals surface area (Å²) in [5.41, 5.74) is -1.29. The topological polar surface area (TPSA) is 104 Å². The van der Waals surface area contributed by atoms with Crippen molar-refractivity contribution in [2.75, 3.05) is 33.0 Å². The van der Waals surface area contributed by atoms with Gasteiger partial charge in [-0.2, -0.15) is 0 Å². The van der Waals surface area contributed by atoms with Crippen LogP contribution in [-0.4, -0.2) is 68.1 Å². The molecule has 0 aromatic carbocycles. The average Bonchev–Trinajstić information content (AvgIpc) is 2.63. The van der Waals surface area contributed by atoms with Gasteiger partial charge in [-0.05, 0) is 13.8 Å². The van der Waals surface area contributed by atoms with Gasteiger partial charge in [-0.15, -0.1) is 0 Å². The lowest BCUT2D eigenvalue weighted by Gasteiger charge is -2.51. The molecule has 0 amide bonds. The second-order valence-corrected chi connectivity index (χ2v) is 9.38. The van der Waals surface area contributed by atoms with Crippen LogP contribution in [0.25, 0.3) is 0 Å². The first kappa shape index (κ1) is 23.3. The minimum Gasteiger partial charge on any atom is -0.432 e. The Bertz CT molecular complexity index is 562. The molecule has 2 aliphatic heterocycles. The molecule has 0 bridgehead atoms. The Labute approximate surface area is 166 Å². The lowest BCUT2D eigenvalue weighted by atomic mass is 9.85. The zero-order valence-electron chi connectivity index (χ0n) is 17.7. The molecule has 2 unspecified atom stereocenters. The Hall–Kier alpha value is -1.03. The number of hydrogen-bond acceptors (Lipinski definition) is 8. The molecule has 162 valence electrons. The summed E-state index contributed by atoms with van der Waals surface area (Å²) in [5.74, 6) is -0.523. The van der Waals surface area contributed by atoms with Crippen molar-refractivity contribution in [3.05, 3.63) is 11.6 Å². The van der Waals surface area contributed by atoms with Crippen LogP contribution in [-0.2, 0) is 28.5 Å². The van der Waals surface area contributed by atoms with Gasteiger partial charge in [0, 0.05) is 16.9 Å². The predicted octanol–water partition coefficient (Wildman–Crippen LogP) is 1.59. The molecule has 0 saturated carbocycles. The fourth-order valence-corrected chi connectivity index (χ4v) is 2.94. The summed E-state index contributed by atoms with van der Waals surface area (Å²) in [6, 6.07) is 0. The highest BCUT2D eigenvalue weighted by atomic mass is 16.8. The summed E-state index contributed by atoms with van der Waals surface area (Å²) >= 11 is 0. The number of aliphatic hydroxyl groups is 2. The largest absolute Gasteiger partial charge is 0.432 e. The third kappa shape index (κ3) is 5.11. The number of hydrogen-bond donors (Lipinski definition) is 2. The van der Waals surface area contributed by atoms with Gasteiger partial charge in [0.25, 0.3) is 0 Å². The van der Waals surface area contributed by atoms with Crippen molar-refractivity contribution in [3.63, 3.8) is 0 Å². The molecule has 1 spiro atoms. The molecule has 2 saturated heterocycles. The van der Waals surface area contributed by atoms with Crippen LogP contribution in [0.2, 0.25) is 0 Å². The fraction of sp³-hybridized carbons (Fsp3) is 0.850. The maximum Gasteiger partial charge on any atom is 0.333 e. The maximum atomic E-state index is 12.3. The number of allylic oxidation sites excluding steroid dienone is 1. The zero-order valence-corrected chi connectivity index (χ0v) is 17.7. The van der Waals surface area contributed by atoms with Gasteiger partial charge in [-0.3, -0.25) is 0 Å². The van der Waals surface area contributed by atoms with E-state index < -0.39 is 41.1 Å². The summed E-state index contributed by atoms with van der Waals surface area (Å²) in [6.07, 6.45) is -0.914. The zero-order chi connectivity index (χ0) is 21.2. The molecule has 28 heavy (non-hydrogen) atoms. The molecule has 2 heterocycles. The number of aliphatic hydroxyl groups excluding tert-OH is 2. The SMILES string of the molecule is CC(C)=CC(=O)OC1OC(C(C)(C)CO)OCC12COC(C(C)(C)CO)OC2. The normalized spacial score (nSPS) is 31.5. The van der Waals surface area contributed by atoms with E-state index in [1.807, 2.05) is 13.8 Å². The highest BCUT2D eigenvalue weighted by Crippen LogP contribution is 2.42. The van der Waals surface area contributed by atoms with Gasteiger partial charge < -0.3 is 33.9 Å². The van der Waals surface area contributed by atoms with E-state index in [1.54, 1.807) is 27.7 Å². The molecule has 0 aromatic rings. The second kappa shape index (κ2) is 8.77. The van der Waals surface area contributed by atoms with E-state index in [2.05, 4.69) is 0 Å². The molecule has 0 aliphatic carbocycles. The smallest absolute Gasteiger partial charge is 0.333 e. The Morgan fingerprint density at radius 1 is 1.00 bits per heavy atom. The van der Waals surface area contributed by atoms with E-state index in [9.17, 15) is 15.0 Å². The third-order valence-electron chi connectivity index (χ3n) is 5.03. The third-order valence-corrected chi connectivity index (χ3v) is 5.03. The number of esters is 1. The van der Waals surface area contributed by atoms with Gasteiger partial charge in [0.15, 0.2) is 12.6 Å². The van der Waals surface area contributed by atoms with Gasteiger partial charge in [-0.1, -0.05) is 33.3 Å². The summed E-state index contributed by atoms with van der Waals surface area (Å²) < 4.78 is 29.2. The lowest BCUT2D eigenvalue weighted by molar-refractivity contribution is -0.395. The van der Waals surface area contributed by atoms with Gasteiger partial charge in [-0.25, -0.2) is 4.79 Å². The number of ether oxygens (including phenoxy) is 5. The van der Waals surface area contributed by atoms with Gasteiger partial charge >= 0.3 is 5.97 Å². The molecular weight excluding hydrogens is 368 g/mol. The first-order valence-corrected chi connectivity index (χ1v) is 9.53. The number of rotatable bonds is 6. The Kier molecular flexibility index (Phi) is 7.28. The molecule has 0 aromatic heterocycles. The van der Waals surface area contributed by atoms with E-state index in [0.29, 0.717) is 0 Å². The summed E-state index contributed by atoms with van der Waals surface area (Å²) in [5, 5.41) is 19.2. The standard InChI is InChI=1S/C20H34O8/c1-13(2)7-14(23)27-17-20(12-26-16(28-17)19(5,6)9-22)10-24-15(25-11-20)18(3,4)8-21/h7,15-17,21-22H,8-12H2,1-6H3. The van der Waals surface area contributed by atoms with Crippen LogP contribution >= 0.6 is 0 Å². The lowest BCUT2D eigenvalue weighted by Crippen LogP contribution is -2.62. The van der Waals surface area contributed by atoms with Crippen molar-refractivity contribution in [3.8, 4) is 0 Å². The summed E-state index contributed by atoms with van der Waals surface area (Å²) in [6.45, 7) is 11.2. The molecule has 2 fully saturated rings. The van der Waals surface area contributed by atoms with Crippen LogP contribution in [0.5, 0.6) is 0 Å². The predicted molar refractivity (Wildman–Crippen MR) is 100.0 cm³/mol. The first-order chi connectivity index (χ1) is 13.0. The van der Waals surface area contributed by atoms with Crippen LogP contribution in [0.15, 0.2) is 11.6 Å². The van der Waals surface area contributed by atoms with Gasteiger partial charge in [0.1, 0.15) is 5.41 Å². The van der Waals surface area contributed by atoms with Gasteiger partial charge in [0.05, 0.1) is 33.0 Å². The molecule has 2 N–H and O–H groups in total. The fourth-order valence-electron chi connectivity index (χ4n) is 2.94. The van der Waals surface area contributed by atoms with Crippen molar-refractivity contribution in [2.24, 2.45) is 16.2 Å². The van der Waals surface area contributed by atoms with Crippen molar-refractivity contribution in [1.82, 2.24) is 0 Å². The minimum absolute atomic E-state index is 0.0938. The first-order valence-electron chi connectivity index (χ1n) is 9.53. The molecular formula is C20H34O8. The Morgan fingerprint density at radius 3 is 1.93 bits per heavy atom. The quantitative estimate of drug-likeness (QED) is 0.510. The van der Waals surface area contributed by atoms with Crippen LogP contribution in [0.4, 0.5) is 0 Å². The molecule has 0 radical (unpaired) electrons. The van der Waals surface area contributed by atoms with Crippen LogP contribution in [0, 0.1) is 16.2 Å². The van der Waals surface area contributed by atoms with Gasteiger partial charge in [0.2, 0.25) is 6.29 Å². The Balaban J connectivity index is 2.19. The van der Waals surface area contributed by atoms with E-state index >= 15 is 0 Å².